The number of rotatable bonds is 4. The first-order valence-corrected chi connectivity index (χ1v) is 10.3. The average molecular weight is 398 g/mol. The van der Waals surface area contributed by atoms with Crippen molar-refractivity contribution in [3.05, 3.63) is 87.1 Å². The number of aromatic nitrogens is 3. The Bertz CT molecular complexity index is 1350. The van der Waals surface area contributed by atoms with Gasteiger partial charge in [0.15, 0.2) is 0 Å². The smallest absolute Gasteiger partial charge is 0.332 e. The quantitative estimate of drug-likeness (QED) is 0.479. The Morgan fingerprint density at radius 2 is 1.97 bits per heavy atom. The van der Waals surface area contributed by atoms with Crippen LogP contribution in [0.1, 0.15) is 53.9 Å². The monoisotopic (exact) mass is 398 g/mol. The van der Waals surface area contributed by atoms with Crippen LogP contribution in [0.25, 0.3) is 10.9 Å². The summed E-state index contributed by atoms with van der Waals surface area (Å²) < 4.78 is 3.20. The summed E-state index contributed by atoms with van der Waals surface area (Å²) >= 11 is 0. The zero-order valence-corrected chi connectivity index (χ0v) is 16.7. The summed E-state index contributed by atoms with van der Waals surface area (Å²) in [6.07, 6.45) is 2.26. The number of benzene rings is 2. The minimum atomic E-state index is -0.384. The molecule has 6 heteroatoms. The van der Waals surface area contributed by atoms with Gasteiger partial charge in [-0.25, -0.2) is 4.79 Å². The van der Waals surface area contributed by atoms with E-state index in [2.05, 4.69) is 24.0 Å². The number of imidazole rings is 1. The fraction of sp³-hybridized carbons (Fsp3) is 0.250. The summed E-state index contributed by atoms with van der Waals surface area (Å²) in [6.45, 7) is 2.56. The molecular weight excluding hydrogens is 376 g/mol. The molecule has 0 unspecified atom stereocenters. The molecule has 0 aliphatic carbocycles. The number of aromatic hydroxyl groups is 1. The van der Waals surface area contributed by atoms with E-state index in [0.29, 0.717) is 24.2 Å². The summed E-state index contributed by atoms with van der Waals surface area (Å²) in [4.78, 5) is 16.9. The number of hydrogen-bond acceptors (Lipinski definition) is 3. The van der Waals surface area contributed by atoms with Crippen LogP contribution in [0.3, 0.4) is 0 Å². The summed E-state index contributed by atoms with van der Waals surface area (Å²) in [5.74, 6) is 0.0584. The minimum Gasteiger partial charge on any atom is -0.493 e. The normalized spacial score (nSPS) is 15.0. The highest BCUT2D eigenvalue weighted by atomic mass is 16.3. The first kappa shape index (κ1) is 18.3. The van der Waals surface area contributed by atoms with Gasteiger partial charge in [0.05, 0.1) is 17.3 Å². The maximum atomic E-state index is 13.4. The number of H-pyrrole nitrogens is 1. The predicted octanol–water partition coefficient (Wildman–Crippen LogP) is 4.05. The van der Waals surface area contributed by atoms with E-state index in [-0.39, 0.29) is 17.6 Å². The van der Waals surface area contributed by atoms with Gasteiger partial charge in [-0.3, -0.25) is 9.13 Å². The van der Waals surface area contributed by atoms with Crippen molar-refractivity contribution in [2.45, 2.75) is 38.8 Å². The van der Waals surface area contributed by atoms with Crippen LogP contribution in [-0.4, -0.2) is 19.2 Å². The number of para-hydroxylation sites is 1. The van der Waals surface area contributed by atoms with Crippen molar-refractivity contribution in [1.29, 1.82) is 5.26 Å². The zero-order chi connectivity index (χ0) is 20.8. The lowest BCUT2D eigenvalue weighted by Gasteiger charge is -2.26. The van der Waals surface area contributed by atoms with E-state index in [1.54, 1.807) is 16.7 Å². The average Bonchev–Trinajstić information content (AvgIpc) is 3.26. The number of unbranched alkanes of at least 4 members (excludes halogenated alkanes) is 1. The van der Waals surface area contributed by atoms with Gasteiger partial charge in [-0.15, -0.1) is 0 Å². The van der Waals surface area contributed by atoms with Crippen LogP contribution in [0.4, 0.5) is 0 Å². The number of nitriles is 1. The molecule has 5 rings (SSSR count). The summed E-state index contributed by atoms with van der Waals surface area (Å²) in [7, 11) is 0. The molecule has 0 radical (unpaired) electrons. The standard InChI is InChI=1S/C24H22N4O2/c1-2-3-12-27-23(29)20-13-18-17-6-4-5-7-19(17)26-21(18)22(28(20)24(27)30)16-10-8-15(14-25)9-11-16/h4-11,22,26,29H,2-3,12-13H2,1H3/t22-/m0/s1. The molecule has 2 aromatic heterocycles. The fourth-order valence-electron chi connectivity index (χ4n) is 4.54. The highest BCUT2D eigenvalue weighted by Gasteiger charge is 2.35. The summed E-state index contributed by atoms with van der Waals surface area (Å²) in [6, 6.07) is 17.2. The molecule has 0 amide bonds. The van der Waals surface area contributed by atoms with Gasteiger partial charge in [0, 0.05) is 29.6 Å². The Morgan fingerprint density at radius 1 is 1.20 bits per heavy atom. The molecular formula is C24H22N4O2. The van der Waals surface area contributed by atoms with Gasteiger partial charge in [-0.2, -0.15) is 5.26 Å². The highest BCUT2D eigenvalue weighted by Crippen LogP contribution is 2.40. The van der Waals surface area contributed by atoms with Gasteiger partial charge in [0.2, 0.25) is 5.88 Å². The Morgan fingerprint density at radius 3 is 2.70 bits per heavy atom. The van der Waals surface area contributed by atoms with E-state index >= 15 is 0 Å². The molecule has 0 saturated heterocycles. The van der Waals surface area contributed by atoms with Crippen LogP contribution in [0.5, 0.6) is 5.88 Å². The number of fused-ring (bicyclic) bond motifs is 4. The Hall–Kier alpha value is -3.72. The molecule has 4 aromatic rings. The molecule has 6 nitrogen and oxygen atoms in total. The third kappa shape index (κ3) is 2.59. The highest BCUT2D eigenvalue weighted by molar-refractivity contribution is 5.86. The van der Waals surface area contributed by atoms with E-state index in [1.165, 1.54) is 4.57 Å². The largest absolute Gasteiger partial charge is 0.493 e. The maximum absolute atomic E-state index is 13.4. The first-order chi connectivity index (χ1) is 14.6. The first-order valence-electron chi connectivity index (χ1n) is 10.3. The molecule has 0 bridgehead atoms. The number of nitrogens with one attached hydrogen (secondary N) is 1. The number of hydrogen-bond donors (Lipinski definition) is 2. The lowest BCUT2D eigenvalue weighted by atomic mass is 9.92. The van der Waals surface area contributed by atoms with Crippen LogP contribution < -0.4 is 5.69 Å². The predicted molar refractivity (Wildman–Crippen MR) is 115 cm³/mol. The van der Waals surface area contributed by atoms with E-state index in [9.17, 15) is 9.90 Å². The SMILES string of the molecule is CCCCn1c(O)c2n(c1=O)[C@@H](c1ccc(C#N)cc1)c1[nH]c3ccccc3c1C2. The van der Waals surface area contributed by atoms with Gasteiger partial charge in [-0.1, -0.05) is 43.7 Å². The molecule has 2 N–H and O–H groups in total. The zero-order valence-electron chi connectivity index (χ0n) is 16.7. The third-order valence-electron chi connectivity index (χ3n) is 6.05. The van der Waals surface area contributed by atoms with Crippen molar-refractivity contribution >= 4 is 10.9 Å². The van der Waals surface area contributed by atoms with Crippen LogP contribution in [0.15, 0.2) is 53.3 Å². The molecule has 1 atom stereocenters. The van der Waals surface area contributed by atoms with Gasteiger partial charge in [0.25, 0.3) is 0 Å². The fourth-order valence-corrected chi connectivity index (χ4v) is 4.54. The van der Waals surface area contributed by atoms with Crippen molar-refractivity contribution in [1.82, 2.24) is 14.1 Å². The van der Waals surface area contributed by atoms with Crippen molar-refractivity contribution in [2.24, 2.45) is 0 Å². The van der Waals surface area contributed by atoms with Crippen LogP contribution in [0, 0.1) is 11.3 Å². The molecule has 0 saturated carbocycles. The van der Waals surface area contributed by atoms with Crippen LogP contribution in [-0.2, 0) is 13.0 Å². The second-order valence-corrected chi connectivity index (χ2v) is 7.80. The molecule has 3 heterocycles. The molecule has 30 heavy (non-hydrogen) atoms. The van der Waals surface area contributed by atoms with Crippen molar-refractivity contribution in [2.75, 3.05) is 0 Å². The lowest BCUT2D eigenvalue weighted by Crippen LogP contribution is -2.32. The van der Waals surface area contributed by atoms with Crippen molar-refractivity contribution < 1.29 is 5.11 Å². The summed E-state index contributed by atoms with van der Waals surface area (Å²) in [5.41, 5.74) is 4.99. The van der Waals surface area contributed by atoms with E-state index in [4.69, 9.17) is 5.26 Å². The van der Waals surface area contributed by atoms with Gasteiger partial charge in [-0.05, 0) is 35.7 Å². The van der Waals surface area contributed by atoms with Gasteiger partial charge in [0.1, 0.15) is 6.04 Å². The van der Waals surface area contributed by atoms with Gasteiger partial charge >= 0.3 is 5.69 Å². The van der Waals surface area contributed by atoms with E-state index in [0.717, 1.165) is 40.6 Å². The second kappa shape index (κ2) is 6.96. The van der Waals surface area contributed by atoms with Crippen LogP contribution >= 0.6 is 0 Å². The Kier molecular flexibility index (Phi) is 4.25. The van der Waals surface area contributed by atoms with Gasteiger partial charge < -0.3 is 10.1 Å². The van der Waals surface area contributed by atoms with Crippen molar-refractivity contribution in [3.63, 3.8) is 0 Å². The topological polar surface area (TPSA) is 86.7 Å². The number of nitrogens with zero attached hydrogens (tertiary/aromatic N) is 3. The minimum absolute atomic E-state index is 0.0584. The Labute approximate surface area is 173 Å². The molecule has 0 spiro atoms. The molecule has 1 aliphatic rings. The molecule has 150 valence electrons. The van der Waals surface area contributed by atoms with E-state index in [1.807, 2.05) is 30.3 Å². The third-order valence-corrected chi connectivity index (χ3v) is 6.05. The number of aromatic amines is 1. The molecule has 0 fully saturated rings. The molecule has 1 aliphatic heterocycles. The molecule has 2 aromatic carbocycles. The second-order valence-electron chi connectivity index (χ2n) is 7.80. The Balaban J connectivity index is 1.78. The maximum Gasteiger partial charge on any atom is 0.332 e. The summed E-state index contributed by atoms with van der Waals surface area (Å²) in [5, 5.41) is 21.2. The lowest BCUT2D eigenvalue weighted by molar-refractivity contribution is 0.404. The van der Waals surface area contributed by atoms with Crippen molar-refractivity contribution in [3.8, 4) is 11.9 Å². The van der Waals surface area contributed by atoms with Crippen LogP contribution in [0.2, 0.25) is 0 Å². The van der Waals surface area contributed by atoms with E-state index < -0.39 is 0 Å².